The highest BCUT2D eigenvalue weighted by Gasteiger charge is 2.18. The van der Waals surface area contributed by atoms with Gasteiger partial charge in [0.15, 0.2) is 0 Å². The van der Waals surface area contributed by atoms with Crippen molar-refractivity contribution in [2.24, 2.45) is 0 Å². The molecule has 0 bridgehead atoms. The van der Waals surface area contributed by atoms with Crippen LogP contribution in [0.25, 0.3) is 44.9 Å². The third-order valence-electron chi connectivity index (χ3n) is 6.51. The Labute approximate surface area is 225 Å². The number of hydrogen-bond acceptors (Lipinski definition) is 8. The number of aromatic nitrogens is 5. The van der Waals surface area contributed by atoms with Crippen molar-refractivity contribution in [3.63, 3.8) is 0 Å². The van der Waals surface area contributed by atoms with Gasteiger partial charge in [0.2, 0.25) is 5.89 Å². The number of nitrogens with one attached hydrogen (secondary N) is 1. The fraction of sp³-hybridized carbons (Fsp3) is 0.133. The van der Waals surface area contributed by atoms with Crippen molar-refractivity contribution in [2.75, 3.05) is 26.1 Å². The van der Waals surface area contributed by atoms with Crippen LogP contribution in [0, 0.1) is 0 Å². The Morgan fingerprint density at radius 1 is 0.821 bits per heavy atom. The minimum absolute atomic E-state index is 0.384. The monoisotopic (exact) mass is 518 g/mol. The van der Waals surface area contributed by atoms with Crippen LogP contribution < -0.4 is 14.8 Å². The number of methoxy groups -OCH3 is 2. The molecular formula is C30H26N6O3. The van der Waals surface area contributed by atoms with Crippen LogP contribution in [0.15, 0.2) is 96.1 Å². The minimum Gasteiger partial charge on any atom is -0.497 e. The maximum Gasteiger partial charge on any atom is 0.251 e. The van der Waals surface area contributed by atoms with E-state index in [1.165, 1.54) is 0 Å². The van der Waals surface area contributed by atoms with Crippen molar-refractivity contribution in [1.82, 2.24) is 24.7 Å². The van der Waals surface area contributed by atoms with Crippen LogP contribution in [0.4, 0.5) is 5.69 Å². The smallest absolute Gasteiger partial charge is 0.251 e. The van der Waals surface area contributed by atoms with Gasteiger partial charge in [0, 0.05) is 42.6 Å². The number of ether oxygens (including phenoxy) is 2. The third-order valence-corrected chi connectivity index (χ3v) is 6.51. The first kappa shape index (κ1) is 24.2. The van der Waals surface area contributed by atoms with Crippen LogP contribution in [0.3, 0.4) is 0 Å². The van der Waals surface area contributed by atoms with Crippen molar-refractivity contribution in [3.8, 4) is 45.5 Å². The van der Waals surface area contributed by atoms with E-state index >= 15 is 0 Å². The van der Waals surface area contributed by atoms with Crippen molar-refractivity contribution in [1.29, 1.82) is 0 Å². The zero-order valence-corrected chi connectivity index (χ0v) is 21.5. The van der Waals surface area contributed by atoms with Gasteiger partial charge in [0.05, 0.1) is 37.3 Å². The predicted molar refractivity (Wildman–Crippen MR) is 150 cm³/mol. The zero-order valence-electron chi connectivity index (χ0n) is 21.5. The molecule has 0 amide bonds. The first-order valence-corrected chi connectivity index (χ1v) is 12.5. The molecule has 0 saturated heterocycles. The van der Waals surface area contributed by atoms with E-state index in [4.69, 9.17) is 18.9 Å². The van der Waals surface area contributed by atoms with Gasteiger partial charge in [-0.15, -0.1) is 10.2 Å². The summed E-state index contributed by atoms with van der Waals surface area (Å²) in [4.78, 5) is 8.86. The van der Waals surface area contributed by atoms with Crippen LogP contribution in [0.1, 0.15) is 0 Å². The molecule has 0 atom stereocenters. The lowest BCUT2D eigenvalue weighted by Gasteiger charge is -2.14. The number of hydrogen-bond donors (Lipinski definition) is 1. The summed E-state index contributed by atoms with van der Waals surface area (Å²) in [6.45, 7) is 1.40. The standard InChI is InChI=1S/C30H26N6O3/c1-37-23-8-3-20(4-9-23)22-7-12-27-25(17-22)28(32-14-16-36-15-13-31-19-36)26(18-33-27)30-35-34-29(39-30)21-5-10-24(38-2)11-6-21/h3-13,15,17-19H,14,16H2,1-2H3,(H,32,33). The van der Waals surface area contributed by atoms with Crippen molar-refractivity contribution < 1.29 is 13.9 Å². The second-order valence-corrected chi connectivity index (χ2v) is 8.88. The lowest BCUT2D eigenvalue weighted by atomic mass is 10.0. The highest BCUT2D eigenvalue weighted by atomic mass is 16.5. The van der Waals surface area contributed by atoms with Gasteiger partial charge in [0.25, 0.3) is 5.89 Å². The van der Waals surface area contributed by atoms with Gasteiger partial charge < -0.3 is 23.8 Å². The van der Waals surface area contributed by atoms with Gasteiger partial charge in [-0.05, 0) is 59.7 Å². The number of pyridine rings is 1. The maximum absolute atomic E-state index is 6.14. The molecule has 1 N–H and O–H groups in total. The van der Waals surface area contributed by atoms with Crippen molar-refractivity contribution >= 4 is 16.6 Å². The molecule has 3 aromatic heterocycles. The molecule has 0 aliphatic carbocycles. The molecule has 6 rings (SSSR count). The fourth-order valence-electron chi connectivity index (χ4n) is 4.42. The summed E-state index contributed by atoms with van der Waals surface area (Å²) in [6.07, 6.45) is 7.29. The Bertz CT molecular complexity index is 1690. The second kappa shape index (κ2) is 10.7. The zero-order chi connectivity index (χ0) is 26.6. The van der Waals surface area contributed by atoms with E-state index in [0.29, 0.717) is 18.3 Å². The molecule has 0 radical (unpaired) electrons. The van der Waals surface area contributed by atoms with E-state index in [1.807, 2.05) is 65.4 Å². The maximum atomic E-state index is 6.14. The largest absolute Gasteiger partial charge is 0.497 e. The average Bonchev–Trinajstić information content (AvgIpc) is 3.70. The summed E-state index contributed by atoms with van der Waals surface area (Å²) >= 11 is 0. The first-order valence-electron chi connectivity index (χ1n) is 12.5. The van der Waals surface area contributed by atoms with E-state index < -0.39 is 0 Å². The van der Waals surface area contributed by atoms with E-state index in [9.17, 15) is 0 Å². The molecule has 0 spiro atoms. The molecule has 0 fully saturated rings. The number of imidazole rings is 1. The molecule has 0 unspecified atom stereocenters. The molecule has 0 aliphatic rings. The predicted octanol–water partition coefficient (Wildman–Crippen LogP) is 5.94. The highest BCUT2D eigenvalue weighted by molar-refractivity contribution is 6.00. The number of rotatable bonds is 9. The molecule has 0 aliphatic heterocycles. The van der Waals surface area contributed by atoms with Crippen LogP contribution in [0.2, 0.25) is 0 Å². The molecule has 3 heterocycles. The number of benzene rings is 3. The summed E-state index contributed by atoms with van der Waals surface area (Å²) in [6, 6.07) is 21.7. The molecule has 0 saturated carbocycles. The second-order valence-electron chi connectivity index (χ2n) is 8.88. The van der Waals surface area contributed by atoms with Gasteiger partial charge in [-0.2, -0.15) is 0 Å². The van der Waals surface area contributed by atoms with E-state index in [-0.39, 0.29) is 0 Å². The fourth-order valence-corrected chi connectivity index (χ4v) is 4.42. The lowest BCUT2D eigenvalue weighted by molar-refractivity contribution is 0.414. The lowest BCUT2D eigenvalue weighted by Crippen LogP contribution is -2.10. The Hall–Kier alpha value is -5.18. The number of fused-ring (bicyclic) bond motifs is 1. The highest BCUT2D eigenvalue weighted by Crippen LogP contribution is 2.36. The summed E-state index contributed by atoms with van der Waals surface area (Å²) in [5, 5.41) is 13.2. The average molecular weight is 519 g/mol. The third kappa shape index (κ3) is 5.02. The summed E-state index contributed by atoms with van der Waals surface area (Å²) < 4.78 is 18.7. The van der Waals surface area contributed by atoms with Gasteiger partial charge in [0.1, 0.15) is 11.5 Å². The molecule has 6 aromatic rings. The van der Waals surface area contributed by atoms with Crippen LogP contribution >= 0.6 is 0 Å². The van der Waals surface area contributed by atoms with Gasteiger partial charge in [-0.3, -0.25) is 4.98 Å². The van der Waals surface area contributed by atoms with Gasteiger partial charge in [-0.1, -0.05) is 18.2 Å². The molecule has 9 nitrogen and oxygen atoms in total. The molecule has 9 heteroatoms. The molecule has 39 heavy (non-hydrogen) atoms. The van der Waals surface area contributed by atoms with Crippen LogP contribution in [-0.4, -0.2) is 45.5 Å². The normalized spacial score (nSPS) is 11.0. The van der Waals surface area contributed by atoms with E-state index in [0.717, 1.165) is 56.9 Å². The molecule has 194 valence electrons. The topological polar surface area (TPSA) is 100 Å². The minimum atomic E-state index is 0.384. The number of nitrogens with zero attached hydrogens (tertiary/aromatic N) is 5. The number of anilines is 1. The van der Waals surface area contributed by atoms with E-state index in [1.54, 1.807) is 32.9 Å². The Balaban J connectivity index is 1.41. The Kier molecular flexibility index (Phi) is 6.61. The van der Waals surface area contributed by atoms with Gasteiger partial charge >= 0.3 is 0 Å². The SMILES string of the molecule is COc1ccc(-c2ccc3ncc(-c4nnc(-c5ccc(OC)cc5)o4)c(NCCn4ccnc4)c3c2)cc1. The van der Waals surface area contributed by atoms with Crippen LogP contribution in [0.5, 0.6) is 11.5 Å². The molecular weight excluding hydrogens is 492 g/mol. The van der Waals surface area contributed by atoms with Crippen molar-refractivity contribution in [3.05, 3.63) is 91.6 Å². The molecule has 3 aromatic carbocycles. The summed E-state index contributed by atoms with van der Waals surface area (Å²) in [5.74, 6) is 2.38. The van der Waals surface area contributed by atoms with Gasteiger partial charge in [-0.25, -0.2) is 4.98 Å². The summed E-state index contributed by atoms with van der Waals surface area (Å²) in [7, 11) is 3.30. The van der Waals surface area contributed by atoms with Crippen LogP contribution in [-0.2, 0) is 6.54 Å². The Morgan fingerprint density at radius 3 is 2.21 bits per heavy atom. The van der Waals surface area contributed by atoms with Crippen molar-refractivity contribution in [2.45, 2.75) is 6.54 Å². The summed E-state index contributed by atoms with van der Waals surface area (Å²) in [5.41, 5.74) is 5.40. The Morgan fingerprint density at radius 2 is 1.51 bits per heavy atom. The first-order chi connectivity index (χ1) is 19.2. The van der Waals surface area contributed by atoms with E-state index in [2.05, 4.69) is 32.6 Å². The quantitative estimate of drug-likeness (QED) is 0.251.